The van der Waals surface area contributed by atoms with E-state index in [0.717, 1.165) is 0 Å². The van der Waals surface area contributed by atoms with E-state index in [2.05, 4.69) is 6.58 Å². The van der Waals surface area contributed by atoms with Gasteiger partial charge in [0.1, 0.15) is 10.6 Å². The standard InChI is InChI=1S/C15H12Cl2O3S/c1-2-5-11-6-3-4-7-14(11)20-21(18,19)15-10-12(16)8-9-13(15)17/h2-4,6-10H,1,5H2. The SMILES string of the molecule is C=CCc1ccccc1OS(=O)(=O)c1cc(Cl)ccc1Cl. The molecule has 110 valence electrons. The number of hydrogen-bond donors (Lipinski definition) is 0. The summed E-state index contributed by atoms with van der Waals surface area (Å²) in [6.07, 6.45) is 2.16. The number of para-hydroxylation sites is 1. The first-order valence-corrected chi connectivity index (χ1v) is 8.19. The van der Waals surface area contributed by atoms with Crippen molar-refractivity contribution in [1.82, 2.24) is 0 Å². The van der Waals surface area contributed by atoms with Crippen LogP contribution in [0.5, 0.6) is 5.75 Å². The molecule has 6 heteroatoms. The van der Waals surface area contributed by atoms with Gasteiger partial charge in [-0.3, -0.25) is 0 Å². The molecule has 0 saturated carbocycles. The first-order valence-electron chi connectivity index (χ1n) is 6.02. The molecule has 0 aliphatic heterocycles. The molecule has 2 rings (SSSR count). The van der Waals surface area contributed by atoms with Crippen LogP contribution in [-0.4, -0.2) is 8.42 Å². The molecule has 21 heavy (non-hydrogen) atoms. The molecule has 0 bridgehead atoms. The van der Waals surface area contributed by atoms with Gasteiger partial charge in [-0.05, 0) is 36.2 Å². The summed E-state index contributed by atoms with van der Waals surface area (Å²) in [6.45, 7) is 3.63. The number of halogens is 2. The molecular weight excluding hydrogens is 331 g/mol. The minimum Gasteiger partial charge on any atom is -0.379 e. The number of hydrogen-bond acceptors (Lipinski definition) is 3. The molecule has 3 nitrogen and oxygen atoms in total. The Morgan fingerprint density at radius 2 is 1.86 bits per heavy atom. The van der Waals surface area contributed by atoms with Gasteiger partial charge in [0.2, 0.25) is 0 Å². The van der Waals surface area contributed by atoms with Crippen LogP contribution in [0, 0.1) is 0 Å². The Morgan fingerprint density at radius 3 is 2.57 bits per heavy atom. The lowest BCUT2D eigenvalue weighted by molar-refractivity contribution is 0.483. The Labute approximate surface area is 133 Å². The summed E-state index contributed by atoms with van der Waals surface area (Å²) in [5.41, 5.74) is 0.717. The van der Waals surface area contributed by atoms with Crippen molar-refractivity contribution >= 4 is 33.3 Å². The molecule has 0 fully saturated rings. The van der Waals surface area contributed by atoms with Gasteiger partial charge in [0.15, 0.2) is 0 Å². The zero-order chi connectivity index (χ0) is 15.5. The number of benzene rings is 2. The van der Waals surface area contributed by atoms with Crippen LogP contribution >= 0.6 is 23.2 Å². The third-order valence-electron chi connectivity index (χ3n) is 2.70. The first kappa shape index (κ1) is 15.9. The fourth-order valence-corrected chi connectivity index (χ4v) is 3.45. The highest BCUT2D eigenvalue weighted by Crippen LogP contribution is 2.29. The molecule has 0 radical (unpaired) electrons. The summed E-state index contributed by atoms with van der Waals surface area (Å²) < 4.78 is 29.9. The van der Waals surface area contributed by atoms with E-state index in [-0.39, 0.29) is 20.7 Å². The number of rotatable bonds is 5. The second kappa shape index (κ2) is 6.52. The molecule has 0 N–H and O–H groups in total. The van der Waals surface area contributed by atoms with E-state index < -0.39 is 10.1 Å². The third-order valence-corrected chi connectivity index (χ3v) is 4.65. The minimum atomic E-state index is -4.06. The molecule has 0 aromatic heterocycles. The zero-order valence-electron chi connectivity index (χ0n) is 10.9. The second-order valence-electron chi connectivity index (χ2n) is 4.21. The normalized spacial score (nSPS) is 11.1. The Balaban J connectivity index is 2.42. The van der Waals surface area contributed by atoms with Crippen LogP contribution < -0.4 is 4.18 Å². The number of allylic oxidation sites excluding steroid dienone is 1. The monoisotopic (exact) mass is 342 g/mol. The maximum atomic E-state index is 12.3. The smallest absolute Gasteiger partial charge is 0.340 e. The highest BCUT2D eigenvalue weighted by Gasteiger charge is 2.21. The van der Waals surface area contributed by atoms with Crippen molar-refractivity contribution < 1.29 is 12.6 Å². The van der Waals surface area contributed by atoms with E-state index in [1.807, 2.05) is 0 Å². The van der Waals surface area contributed by atoms with Crippen molar-refractivity contribution in [2.45, 2.75) is 11.3 Å². The Morgan fingerprint density at radius 1 is 1.14 bits per heavy atom. The Kier molecular flexibility index (Phi) is 4.93. The first-order chi connectivity index (χ1) is 9.94. The zero-order valence-corrected chi connectivity index (χ0v) is 13.3. The van der Waals surface area contributed by atoms with Gasteiger partial charge in [-0.1, -0.05) is 47.5 Å². The fraction of sp³-hybridized carbons (Fsp3) is 0.0667. The molecule has 2 aromatic carbocycles. The van der Waals surface area contributed by atoms with Crippen LogP contribution in [-0.2, 0) is 16.5 Å². The van der Waals surface area contributed by atoms with Crippen LogP contribution in [0.2, 0.25) is 10.0 Å². The van der Waals surface area contributed by atoms with Crippen LogP contribution in [0.25, 0.3) is 0 Å². The van der Waals surface area contributed by atoms with E-state index in [1.54, 1.807) is 30.3 Å². The van der Waals surface area contributed by atoms with Crippen LogP contribution in [0.4, 0.5) is 0 Å². The van der Waals surface area contributed by atoms with Gasteiger partial charge < -0.3 is 4.18 Å². The van der Waals surface area contributed by atoms with Crippen molar-refractivity contribution in [2.75, 3.05) is 0 Å². The molecule has 0 heterocycles. The topological polar surface area (TPSA) is 43.4 Å². The van der Waals surface area contributed by atoms with Gasteiger partial charge in [-0.2, -0.15) is 8.42 Å². The molecule has 0 aliphatic carbocycles. The third kappa shape index (κ3) is 3.79. The van der Waals surface area contributed by atoms with Crippen LogP contribution in [0.15, 0.2) is 60.0 Å². The van der Waals surface area contributed by atoms with E-state index in [0.29, 0.717) is 12.0 Å². The van der Waals surface area contributed by atoms with E-state index in [9.17, 15) is 8.42 Å². The largest absolute Gasteiger partial charge is 0.379 e. The van der Waals surface area contributed by atoms with Crippen molar-refractivity contribution in [2.24, 2.45) is 0 Å². The summed E-state index contributed by atoms with van der Waals surface area (Å²) in [5.74, 6) is 0.244. The molecule has 0 spiro atoms. The Bertz CT molecular complexity index is 770. The second-order valence-corrected chi connectivity index (χ2v) is 6.57. The average molecular weight is 343 g/mol. The summed E-state index contributed by atoms with van der Waals surface area (Å²) >= 11 is 11.7. The fourth-order valence-electron chi connectivity index (χ4n) is 1.74. The van der Waals surface area contributed by atoms with Gasteiger partial charge in [0, 0.05) is 5.02 Å². The lowest BCUT2D eigenvalue weighted by atomic mass is 10.1. The lowest BCUT2D eigenvalue weighted by Gasteiger charge is -2.11. The van der Waals surface area contributed by atoms with Crippen molar-refractivity contribution in [3.05, 3.63) is 70.7 Å². The van der Waals surface area contributed by atoms with E-state index in [4.69, 9.17) is 27.4 Å². The Hall–Kier alpha value is -1.49. The molecule has 0 atom stereocenters. The quantitative estimate of drug-likeness (QED) is 0.593. The molecule has 0 aliphatic rings. The molecule has 2 aromatic rings. The molecule has 0 saturated heterocycles. The van der Waals surface area contributed by atoms with Crippen LogP contribution in [0.1, 0.15) is 5.56 Å². The van der Waals surface area contributed by atoms with Crippen molar-refractivity contribution in [1.29, 1.82) is 0 Å². The molecule has 0 amide bonds. The molecule has 0 unspecified atom stereocenters. The minimum absolute atomic E-state index is 0.0561. The summed E-state index contributed by atoms with van der Waals surface area (Å²) in [4.78, 5) is -0.162. The maximum Gasteiger partial charge on any atom is 0.340 e. The predicted molar refractivity (Wildman–Crippen MR) is 84.6 cm³/mol. The van der Waals surface area contributed by atoms with Gasteiger partial charge in [0.05, 0.1) is 5.02 Å². The van der Waals surface area contributed by atoms with Gasteiger partial charge in [-0.25, -0.2) is 0 Å². The summed E-state index contributed by atoms with van der Waals surface area (Å²) in [6, 6.07) is 11.0. The van der Waals surface area contributed by atoms with E-state index in [1.165, 1.54) is 18.2 Å². The highest BCUT2D eigenvalue weighted by atomic mass is 35.5. The van der Waals surface area contributed by atoms with Gasteiger partial charge in [-0.15, -0.1) is 6.58 Å². The van der Waals surface area contributed by atoms with Crippen molar-refractivity contribution in [3.63, 3.8) is 0 Å². The average Bonchev–Trinajstić information content (AvgIpc) is 2.43. The van der Waals surface area contributed by atoms with Crippen molar-refractivity contribution in [3.8, 4) is 5.75 Å². The maximum absolute atomic E-state index is 12.3. The summed E-state index contributed by atoms with van der Waals surface area (Å²) in [5, 5.41) is 0.321. The van der Waals surface area contributed by atoms with Gasteiger partial charge in [0.25, 0.3) is 0 Å². The van der Waals surface area contributed by atoms with Crippen LogP contribution in [0.3, 0.4) is 0 Å². The summed E-state index contributed by atoms with van der Waals surface area (Å²) in [7, 11) is -4.06. The highest BCUT2D eigenvalue weighted by molar-refractivity contribution is 7.87. The lowest BCUT2D eigenvalue weighted by Crippen LogP contribution is -2.11. The van der Waals surface area contributed by atoms with E-state index >= 15 is 0 Å². The van der Waals surface area contributed by atoms with Gasteiger partial charge >= 0.3 is 10.1 Å². The molecular formula is C15H12Cl2O3S. The predicted octanol–water partition coefficient (Wildman–Crippen LogP) is 4.49.